The van der Waals surface area contributed by atoms with E-state index in [9.17, 15) is 4.79 Å². The van der Waals surface area contributed by atoms with Gasteiger partial charge in [0, 0.05) is 38.6 Å². The summed E-state index contributed by atoms with van der Waals surface area (Å²) in [5.41, 5.74) is 6.05. The topological polar surface area (TPSA) is 49.6 Å². The van der Waals surface area contributed by atoms with Gasteiger partial charge in [-0.15, -0.1) is 0 Å². The molecule has 1 fully saturated rings. The molecule has 100 valence electrons. The van der Waals surface area contributed by atoms with E-state index in [4.69, 9.17) is 5.73 Å². The molecule has 17 heavy (non-hydrogen) atoms. The van der Waals surface area contributed by atoms with Gasteiger partial charge in [0.1, 0.15) is 0 Å². The van der Waals surface area contributed by atoms with Crippen LogP contribution >= 0.6 is 0 Å². The summed E-state index contributed by atoms with van der Waals surface area (Å²) in [6, 6.07) is -0.0563. The SMILES string of the molecule is CCN1CCN(C(=O)CC(N)C(C)(C)C)CC1. The highest BCUT2D eigenvalue weighted by Crippen LogP contribution is 2.20. The van der Waals surface area contributed by atoms with Gasteiger partial charge in [-0.3, -0.25) is 4.79 Å². The smallest absolute Gasteiger partial charge is 0.224 e. The van der Waals surface area contributed by atoms with Crippen LogP contribution in [-0.2, 0) is 4.79 Å². The predicted molar refractivity (Wildman–Crippen MR) is 70.7 cm³/mol. The number of hydrogen-bond donors (Lipinski definition) is 1. The molecule has 1 heterocycles. The maximum atomic E-state index is 12.1. The molecule has 0 aromatic heterocycles. The normalized spacial score (nSPS) is 20.4. The van der Waals surface area contributed by atoms with Crippen molar-refractivity contribution in [2.45, 2.75) is 40.2 Å². The Labute approximate surface area is 105 Å². The third-order valence-electron chi connectivity index (χ3n) is 3.68. The lowest BCUT2D eigenvalue weighted by Crippen LogP contribution is -2.50. The van der Waals surface area contributed by atoms with Gasteiger partial charge in [-0.25, -0.2) is 0 Å². The van der Waals surface area contributed by atoms with Crippen LogP contribution in [0, 0.1) is 5.41 Å². The number of piperazine rings is 1. The number of amides is 1. The second-order valence-corrected chi connectivity index (χ2v) is 5.99. The van der Waals surface area contributed by atoms with Gasteiger partial charge < -0.3 is 15.5 Å². The van der Waals surface area contributed by atoms with E-state index in [0.717, 1.165) is 32.7 Å². The molecule has 1 aliphatic rings. The highest BCUT2D eigenvalue weighted by Gasteiger charge is 2.27. The van der Waals surface area contributed by atoms with Crippen molar-refractivity contribution in [2.24, 2.45) is 11.1 Å². The van der Waals surface area contributed by atoms with Crippen molar-refractivity contribution in [1.29, 1.82) is 0 Å². The molecule has 1 unspecified atom stereocenters. The standard InChI is InChI=1S/C13H27N3O/c1-5-15-6-8-16(9-7-15)12(17)10-11(14)13(2,3)4/h11H,5-10,14H2,1-4H3. The van der Waals surface area contributed by atoms with E-state index in [1.807, 2.05) is 4.90 Å². The lowest BCUT2D eigenvalue weighted by atomic mass is 9.85. The molecule has 0 saturated carbocycles. The Morgan fingerprint density at radius 1 is 1.24 bits per heavy atom. The van der Waals surface area contributed by atoms with Crippen LogP contribution in [0.1, 0.15) is 34.1 Å². The van der Waals surface area contributed by atoms with Crippen molar-refractivity contribution >= 4 is 5.91 Å². The number of rotatable bonds is 3. The van der Waals surface area contributed by atoms with E-state index < -0.39 is 0 Å². The maximum absolute atomic E-state index is 12.1. The first-order chi connectivity index (χ1) is 7.84. The molecule has 2 N–H and O–H groups in total. The van der Waals surface area contributed by atoms with Crippen molar-refractivity contribution in [1.82, 2.24) is 9.80 Å². The number of nitrogens with two attached hydrogens (primary N) is 1. The van der Waals surface area contributed by atoms with Crippen LogP contribution in [0.2, 0.25) is 0 Å². The summed E-state index contributed by atoms with van der Waals surface area (Å²) in [6.07, 6.45) is 0.468. The van der Waals surface area contributed by atoms with E-state index in [0.29, 0.717) is 6.42 Å². The van der Waals surface area contributed by atoms with Crippen LogP contribution in [0.4, 0.5) is 0 Å². The molecule has 0 spiro atoms. The Kier molecular flexibility index (Phi) is 4.95. The first kappa shape index (κ1) is 14.5. The van der Waals surface area contributed by atoms with Gasteiger partial charge >= 0.3 is 0 Å². The van der Waals surface area contributed by atoms with Crippen LogP contribution in [0.25, 0.3) is 0 Å². The summed E-state index contributed by atoms with van der Waals surface area (Å²) < 4.78 is 0. The Morgan fingerprint density at radius 3 is 2.18 bits per heavy atom. The molecule has 1 amide bonds. The fourth-order valence-electron chi connectivity index (χ4n) is 1.94. The van der Waals surface area contributed by atoms with Crippen LogP contribution in [-0.4, -0.2) is 54.5 Å². The molecule has 0 aromatic rings. The third-order valence-corrected chi connectivity index (χ3v) is 3.68. The zero-order valence-electron chi connectivity index (χ0n) is 11.7. The average Bonchev–Trinajstić information content (AvgIpc) is 2.27. The Hall–Kier alpha value is -0.610. The molecule has 1 saturated heterocycles. The van der Waals surface area contributed by atoms with Crippen LogP contribution in [0.15, 0.2) is 0 Å². The number of carbonyl (C=O) groups excluding carboxylic acids is 1. The summed E-state index contributed by atoms with van der Waals surface area (Å²) in [4.78, 5) is 16.4. The largest absolute Gasteiger partial charge is 0.340 e. The lowest BCUT2D eigenvalue weighted by Gasteiger charge is -2.35. The monoisotopic (exact) mass is 241 g/mol. The summed E-state index contributed by atoms with van der Waals surface area (Å²) in [7, 11) is 0. The number of likely N-dealkylation sites (N-methyl/N-ethyl adjacent to an activating group) is 1. The molecular formula is C13H27N3O. The average molecular weight is 241 g/mol. The second-order valence-electron chi connectivity index (χ2n) is 5.99. The van der Waals surface area contributed by atoms with Gasteiger partial charge in [0.25, 0.3) is 0 Å². The van der Waals surface area contributed by atoms with Crippen LogP contribution in [0.3, 0.4) is 0 Å². The molecular weight excluding hydrogens is 214 g/mol. The van der Waals surface area contributed by atoms with E-state index in [1.165, 1.54) is 0 Å². The second kappa shape index (κ2) is 5.83. The highest BCUT2D eigenvalue weighted by molar-refractivity contribution is 5.77. The van der Waals surface area contributed by atoms with Crippen molar-refractivity contribution < 1.29 is 4.79 Å². The first-order valence-corrected chi connectivity index (χ1v) is 6.60. The maximum Gasteiger partial charge on any atom is 0.224 e. The van der Waals surface area contributed by atoms with Gasteiger partial charge in [-0.2, -0.15) is 0 Å². The molecule has 1 aliphatic heterocycles. The molecule has 0 bridgehead atoms. The fraction of sp³-hybridized carbons (Fsp3) is 0.923. The summed E-state index contributed by atoms with van der Waals surface area (Å²) >= 11 is 0. The summed E-state index contributed by atoms with van der Waals surface area (Å²) in [6.45, 7) is 13.2. The Bertz CT molecular complexity index is 252. The quantitative estimate of drug-likeness (QED) is 0.799. The zero-order valence-corrected chi connectivity index (χ0v) is 11.7. The van der Waals surface area contributed by atoms with Crippen molar-refractivity contribution in [3.63, 3.8) is 0 Å². The highest BCUT2D eigenvalue weighted by atomic mass is 16.2. The predicted octanol–water partition coefficient (Wildman–Crippen LogP) is 0.914. The molecule has 0 radical (unpaired) electrons. The minimum atomic E-state index is -0.0563. The number of hydrogen-bond acceptors (Lipinski definition) is 3. The number of carbonyl (C=O) groups is 1. The lowest BCUT2D eigenvalue weighted by molar-refractivity contribution is -0.133. The van der Waals surface area contributed by atoms with Crippen LogP contribution in [0.5, 0.6) is 0 Å². The van der Waals surface area contributed by atoms with Crippen molar-refractivity contribution in [3.05, 3.63) is 0 Å². The minimum Gasteiger partial charge on any atom is -0.340 e. The van der Waals surface area contributed by atoms with E-state index in [-0.39, 0.29) is 17.4 Å². The van der Waals surface area contributed by atoms with Crippen LogP contribution < -0.4 is 5.73 Å². The van der Waals surface area contributed by atoms with Gasteiger partial charge in [0.15, 0.2) is 0 Å². The fourth-order valence-corrected chi connectivity index (χ4v) is 1.94. The molecule has 1 atom stereocenters. The Morgan fingerprint density at radius 2 is 1.76 bits per heavy atom. The zero-order chi connectivity index (χ0) is 13.1. The van der Waals surface area contributed by atoms with E-state index in [1.54, 1.807) is 0 Å². The molecule has 0 aliphatic carbocycles. The van der Waals surface area contributed by atoms with Gasteiger partial charge in [-0.05, 0) is 12.0 Å². The Balaban J connectivity index is 2.39. The van der Waals surface area contributed by atoms with Gasteiger partial charge in [0.2, 0.25) is 5.91 Å². The van der Waals surface area contributed by atoms with Gasteiger partial charge in [0.05, 0.1) is 0 Å². The minimum absolute atomic E-state index is 0.000894. The molecule has 4 heteroatoms. The molecule has 0 aromatic carbocycles. The van der Waals surface area contributed by atoms with E-state index in [2.05, 4.69) is 32.6 Å². The van der Waals surface area contributed by atoms with Crippen molar-refractivity contribution in [3.8, 4) is 0 Å². The van der Waals surface area contributed by atoms with Crippen molar-refractivity contribution in [2.75, 3.05) is 32.7 Å². The first-order valence-electron chi connectivity index (χ1n) is 6.60. The summed E-state index contributed by atoms with van der Waals surface area (Å²) in [5, 5.41) is 0. The molecule has 4 nitrogen and oxygen atoms in total. The summed E-state index contributed by atoms with van der Waals surface area (Å²) in [5.74, 6) is 0.211. The van der Waals surface area contributed by atoms with E-state index >= 15 is 0 Å². The third kappa shape index (κ3) is 4.28. The van der Waals surface area contributed by atoms with Gasteiger partial charge in [-0.1, -0.05) is 27.7 Å². The molecule has 1 rings (SSSR count). The number of nitrogens with zero attached hydrogens (tertiary/aromatic N) is 2.